The maximum absolute atomic E-state index is 13.0. The molecule has 3 heterocycles. The Morgan fingerprint density at radius 2 is 1.82 bits per heavy atom. The number of hydrogen-bond acceptors (Lipinski definition) is 4. The van der Waals surface area contributed by atoms with Gasteiger partial charge in [0.15, 0.2) is 0 Å². The number of fused-ring (bicyclic) bond motifs is 3. The molecule has 0 N–H and O–H groups in total. The van der Waals surface area contributed by atoms with Gasteiger partial charge in [0.25, 0.3) is 5.91 Å². The molecule has 0 spiro atoms. The number of nitrogens with zero attached hydrogens (tertiary/aromatic N) is 4. The summed E-state index contributed by atoms with van der Waals surface area (Å²) < 4.78 is 0. The first kappa shape index (κ1) is 18.9. The van der Waals surface area contributed by atoms with E-state index in [2.05, 4.69) is 11.8 Å². The molecule has 0 aromatic heterocycles. The second kappa shape index (κ2) is 7.54. The normalized spacial score (nSPS) is 22.5. The molecule has 2 saturated heterocycles. The molecular formula is C21H28N4O3. The number of rotatable bonds is 4. The smallest absolute Gasteiger partial charge is 0.254 e. The Kier molecular flexibility index (Phi) is 5.10. The predicted molar refractivity (Wildman–Crippen MR) is 108 cm³/mol. The van der Waals surface area contributed by atoms with E-state index >= 15 is 0 Å². The van der Waals surface area contributed by atoms with Gasteiger partial charge in [-0.05, 0) is 37.6 Å². The number of benzene rings is 1. The van der Waals surface area contributed by atoms with Crippen LogP contribution in [0.5, 0.6) is 0 Å². The zero-order valence-corrected chi connectivity index (χ0v) is 16.7. The Morgan fingerprint density at radius 3 is 2.50 bits per heavy atom. The van der Waals surface area contributed by atoms with Crippen molar-refractivity contribution in [1.29, 1.82) is 0 Å². The van der Waals surface area contributed by atoms with Crippen LogP contribution in [-0.2, 0) is 9.59 Å². The van der Waals surface area contributed by atoms with Crippen molar-refractivity contribution < 1.29 is 14.4 Å². The van der Waals surface area contributed by atoms with E-state index in [0.29, 0.717) is 43.7 Å². The summed E-state index contributed by atoms with van der Waals surface area (Å²) in [5, 5.41) is 0. The highest BCUT2D eigenvalue weighted by atomic mass is 16.2. The summed E-state index contributed by atoms with van der Waals surface area (Å²) in [5.74, 6) is -0.0378. The fourth-order valence-corrected chi connectivity index (χ4v) is 4.50. The van der Waals surface area contributed by atoms with Gasteiger partial charge in [0.05, 0.1) is 11.4 Å². The molecule has 0 saturated carbocycles. The van der Waals surface area contributed by atoms with Gasteiger partial charge in [-0.15, -0.1) is 0 Å². The van der Waals surface area contributed by atoms with Crippen molar-refractivity contribution in [2.75, 3.05) is 49.1 Å². The number of carbonyl (C=O) groups excluding carboxylic acids is 3. The summed E-state index contributed by atoms with van der Waals surface area (Å²) in [7, 11) is 0. The molecule has 3 aliphatic heterocycles. The lowest BCUT2D eigenvalue weighted by Crippen LogP contribution is -2.52. The number of amides is 3. The van der Waals surface area contributed by atoms with Crippen molar-refractivity contribution in [3.63, 3.8) is 0 Å². The molecule has 3 aliphatic rings. The summed E-state index contributed by atoms with van der Waals surface area (Å²) in [4.78, 5) is 46.0. The molecule has 0 aliphatic carbocycles. The Labute approximate surface area is 165 Å². The molecule has 1 unspecified atom stereocenters. The van der Waals surface area contributed by atoms with Gasteiger partial charge < -0.3 is 14.7 Å². The highest BCUT2D eigenvalue weighted by Crippen LogP contribution is 2.41. The third-order valence-electron chi connectivity index (χ3n) is 6.09. The average Bonchev–Trinajstić information content (AvgIpc) is 3.12. The van der Waals surface area contributed by atoms with E-state index in [1.54, 1.807) is 21.9 Å². The quantitative estimate of drug-likeness (QED) is 0.793. The van der Waals surface area contributed by atoms with Crippen molar-refractivity contribution in [3.05, 3.63) is 23.8 Å². The van der Waals surface area contributed by atoms with Gasteiger partial charge in [0.1, 0.15) is 6.04 Å². The Balaban J connectivity index is 1.65. The molecule has 7 heteroatoms. The monoisotopic (exact) mass is 384 g/mol. The molecule has 1 aromatic carbocycles. The summed E-state index contributed by atoms with van der Waals surface area (Å²) >= 11 is 0. The van der Waals surface area contributed by atoms with Gasteiger partial charge in [0, 0.05) is 44.7 Å². The van der Waals surface area contributed by atoms with Crippen molar-refractivity contribution in [2.45, 2.75) is 39.2 Å². The van der Waals surface area contributed by atoms with Gasteiger partial charge >= 0.3 is 0 Å². The van der Waals surface area contributed by atoms with Crippen LogP contribution in [-0.4, -0.2) is 72.8 Å². The third-order valence-corrected chi connectivity index (χ3v) is 6.09. The van der Waals surface area contributed by atoms with Gasteiger partial charge in [-0.1, -0.05) is 13.8 Å². The molecule has 150 valence electrons. The molecule has 0 bridgehead atoms. The number of carbonyl (C=O) groups is 3. The largest absolute Gasteiger partial charge is 0.336 e. The Hall–Kier alpha value is -2.41. The Morgan fingerprint density at radius 1 is 1.07 bits per heavy atom. The average molecular weight is 384 g/mol. The minimum atomic E-state index is -0.393. The van der Waals surface area contributed by atoms with Crippen LogP contribution >= 0.6 is 0 Å². The number of likely N-dealkylation sites (N-methyl/N-ethyl adjacent to an activating group) is 1. The van der Waals surface area contributed by atoms with E-state index in [1.165, 1.54) is 0 Å². The van der Waals surface area contributed by atoms with Crippen molar-refractivity contribution in [2.24, 2.45) is 0 Å². The zero-order valence-electron chi connectivity index (χ0n) is 16.7. The lowest BCUT2D eigenvalue weighted by Gasteiger charge is -2.39. The van der Waals surface area contributed by atoms with E-state index in [1.807, 2.05) is 17.9 Å². The summed E-state index contributed by atoms with van der Waals surface area (Å²) in [5.41, 5.74) is 2.03. The van der Waals surface area contributed by atoms with Gasteiger partial charge in [-0.25, -0.2) is 0 Å². The van der Waals surface area contributed by atoms with Crippen LogP contribution in [0.15, 0.2) is 18.2 Å². The highest BCUT2D eigenvalue weighted by Gasteiger charge is 2.45. The SMILES string of the molecule is CCCN1C(=O)C2CCC(=O)N2c2ccc(C(=O)N3CCN(CC)CC3)cc21. The lowest BCUT2D eigenvalue weighted by atomic mass is 10.0. The topological polar surface area (TPSA) is 64.2 Å². The van der Waals surface area contributed by atoms with Gasteiger partial charge in [0.2, 0.25) is 11.8 Å². The molecule has 3 amide bonds. The van der Waals surface area contributed by atoms with Crippen LogP contribution in [0.25, 0.3) is 0 Å². The second-order valence-electron chi connectivity index (χ2n) is 7.74. The van der Waals surface area contributed by atoms with Crippen LogP contribution in [0.3, 0.4) is 0 Å². The summed E-state index contributed by atoms with van der Waals surface area (Å²) in [6.07, 6.45) is 1.79. The van der Waals surface area contributed by atoms with E-state index in [-0.39, 0.29) is 17.7 Å². The molecular weight excluding hydrogens is 356 g/mol. The first-order valence-electron chi connectivity index (χ1n) is 10.3. The van der Waals surface area contributed by atoms with Crippen LogP contribution in [0.1, 0.15) is 43.5 Å². The third kappa shape index (κ3) is 3.07. The van der Waals surface area contributed by atoms with Crippen LogP contribution in [0, 0.1) is 0 Å². The maximum atomic E-state index is 13.0. The Bertz CT molecular complexity index is 801. The number of hydrogen-bond donors (Lipinski definition) is 0. The van der Waals surface area contributed by atoms with Gasteiger partial charge in [-0.2, -0.15) is 0 Å². The second-order valence-corrected chi connectivity index (χ2v) is 7.74. The van der Waals surface area contributed by atoms with E-state index in [4.69, 9.17) is 0 Å². The van der Waals surface area contributed by atoms with Crippen LogP contribution < -0.4 is 9.80 Å². The molecule has 4 rings (SSSR count). The lowest BCUT2D eigenvalue weighted by molar-refractivity contribution is -0.122. The molecule has 1 atom stereocenters. The standard InChI is InChI=1S/C21H28N4O3/c1-3-9-24-18-14-15(20(27)23-12-10-22(4-2)11-13-23)5-6-16(18)25-17(21(24)28)7-8-19(25)26/h5-6,14,17H,3-4,7-13H2,1-2H3. The summed E-state index contributed by atoms with van der Waals surface area (Å²) in [6, 6.07) is 5.06. The molecule has 0 radical (unpaired) electrons. The predicted octanol–water partition coefficient (Wildman–Crippen LogP) is 1.72. The van der Waals surface area contributed by atoms with Crippen LogP contribution in [0.2, 0.25) is 0 Å². The first-order valence-corrected chi connectivity index (χ1v) is 10.3. The van der Waals surface area contributed by atoms with Crippen molar-refractivity contribution in [3.8, 4) is 0 Å². The molecule has 1 aromatic rings. The minimum absolute atomic E-state index is 0.00248. The minimum Gasteiger partial charge on any atom is -0.336 e. The number of piperazine rings is 1. The molecule has 7 nitrogen and oxygen atoms in total. The highest BCUT2D eigenvalue weighted by molar-refractivity contribution is 6.15. The fraction of sp³-hybridized carbons (Fsp3) is 0.571. The van der Waals surface area contributed by atoms with Crippen LogP contribution in [0.4, 0.5) is 11.4 Å². The fourth-order valence-electron chi connectivity index (χ4n) is 4.50. The molecule has 2 fully saturated rings. The van der Waals surface area contributed by atoms with Crippen molar-refractivity contribution in [1.82, 2.24) is 9.80 Å². The summed E-state index contributed by atoms with van der Waals surface area (Å²) in [6.45, 7) is 8.96. The molecule has 28 heavy (non-hydrogen) atoms. The number of anilines is 2. The van der Waals surface area contributed by atoms with Crippen molar-refractivity contribution >= 4 is 29.1 Å². The first-order chi connectivity index (χ1) is 13.5. The van der Waals surface area contributed by atoms with E-state index in [0.717, 1.165) is 31.7 Å². The maximum Gasteiger partial charge on any atom is 0.254 e. The van der Waals surface area contributed by atoms with E-state index < -0.39 is 6.04 Å². The zero-order chi connectivity index (χ0) is 19.8. The van der Waals surface area contributed by atoms with E-state index in [9.17, 15) is 14.4 Å². The van der Waals surface area contributed by atoms with Gasteiger partial charge in [-0.3, -0.25) is 19.3 Å².